The summed E-state index contributed by atoms with van der Waals surface area (Å²) in [6.07, 6.45) is 1.78. The largest absolute Gasteiger partial charge is 0.494 e. The molecule has 1 aromatic carbocycles. The van der Waals surface area contributed by atoms with Gasteiger partial charge in [-0.2, -0.15) is 0 Å². The zero-order valence-electron chi connectivity index (χ0n) is 14.9. The van der Waals surface area contributed by atoms with Gasteiger partial charge in [0.1, 0.15) is 12.3 Å². The predicted molar refractivity (Wildman–Crippen MR) is 96.6 cm³/mol. The maximum Gasteiger partial charge on any atom is 0.331 e. The molecular formula is C18H21N3O6. The van der Waals surface area contributed by atoms with Crippen molar-refractivity contribution in [3.05, 3.63) is 62.9 Å². The van der Waals surface area contributed by atoms with Crippen LogP contribution in [0.25, 0.3) is 0 Å². The van der Waals surface area contributed by atoms with Gasteiger partial charge in [0.25, 0.3) is 5.56 Å². The highest BCUT2D eigenvalue weighted by Crippen LogP contribution is 2.12. The van der Waals surface area contributed by atoms with Crippen molar-refractivity contribution in [2.45, 2.75) is 25.9 Å². The van der Waals surface area contributed by atoms with Crippen molar-refractivity contribution in [3.63, 3.8) is 0 Å². The number of rotatable bonds is 9. The summed E-state index contributed by atoms with van der Waals surface area (Å²) < 4.78 is 7.52. The first-order valence-corrected chi connectivity index (χ1v) is 8.33. The highest BCUT2D eigenvalue weighted by atomic mass is 16.5. The van der Waals surface area contributed by atoms with Crippen molar-refractivity contribution < 1.29 is 19.4 Å². The summed E-state index contributed by atoms with van der Waals surface area (Å²) in [5, 5.41) is 11.3. The highest BCUT2D eigenvalue weighted by Gasteiger charge is 2.07. The van der Waals surface area contributed by atoms with Gasteiger partial charge in [-0.3, -0.25) is 23.5 Å². The third kappa shape index (κ3) is 6.14. The molecule has 0 atom stereocenters. The molecule has 9 nitrogen and oxygen atoms in total. The van der Waals surface area contributed by atoms with E-state index in [-0.39, 0.29) is 25.4 Å². The van der Waals surface area contributed by atoms with Crippen LogP contribution in [-0.2, 0) is 29.7 Å². The average Bonchev–Trinajstić information content (AvgIpc) is 2.65. The van der Waals surface area contributed by atoms with E-state index in [9.17, 15) is 19.2 Å². The van der Waals surface area contributed by atoms with E-state index in [0.717, 1.165) is 14.7 Å². The lowest BCUT2D eigenvalue weighted by molar-refractivity contribution is -0.137. The first-order valence-electron chi connectivity index (χ1n) is 8.33. The number of nitrogens with one attached hydrogen (secondary N) is 1. The Morgan fingerprint density at radius 3 is 2.52 bits per heavy atom. The van der Waals surface area contributed by atoms with Crippen LogP contribution in [0.5, 0.6) is 5.75 Å². The summed E-state index contributed by atoms with van der Waals surface area (Å²) in [6, 6.07) is 8.26. The SMILES string of the molecule is Cn1c(=O)ccn(CC(=O)NCc2ccc(OCCCC(=O)O)cc2)c1=O. The topological polar surface area (TPSA) is 120 Å². The quantitative estimate of drug-likeness (QED) is 0.600. The van der Waals surface area contributed by atoms with E-state index in [4.69, 9.17) is 9.84 Å². The lowest BCUT2D eigenvalue weighted by atomic mass is 10.2. The Kier molecular flexibility index (Phi) is 6.93. The van der Waals surface area contributed by atoms with Gasteiger partial charge in [-0.05, 0) is 24.1 Å². The molecule has 0 radical (unpaired) electrons. The average molecular weight is 375 g/mol. The number of carbonyl (C=O) groups excluding carboxylic acids is 1. The number of aromatic nitrogens is 2. The molecule has 27 heavy (non-hydrogen) atoms. The molecule has 0 spiro atoms. The summed E-state index contributed by atoms with van der Waals surface area (Å²) >= 11 is 0. The molecule has 0 saturated carbocycles. The van der Waals surface area contributed by atoms with Gasteiger partial charge in [0.2, 0.25) is 5.91 Å². The number of ether oxygens (including phenoxy) is 1. The molecule has 1 amide bonds. The second-order valence-corrected chi connectivity index (χ2v) is 5.89. The van der Waals surface area contributed by atoms with E-state index in [1.54, 1.807) is 24.3 Å². The van der Waals surface area contributed by atoms with E-state index in [0.29, 0.717) is 18.8 Å². The van der Waals surface area contributed by atoms with Gasteiger partial charge in [0.05, 0.1) is 6.61 Å². The molecule has 2 aromatic rings. The normalized spacial score (nSPS) is 10.4. The lowest BCUT2D eigenvalue weighted by Crippen LogP contribution is -2.40. The number of amides is 1. The Hall–Kier alpha value is -3.36. The number of carboxylic acids is 1. The summed E-state index contributed by atoms with van der Waals surface area (Å²) in [5.41, 5.74) is -0.141. The monoisotopic (exact) mass is 375 g/mol. The highest BCUT2D eigenvalue weighted by molar-refractivity contribution is 5.75. The summed E-state index contributed by atoms with van der Waals surface area (Å²) in [6.45, 7) is 0.410. The Balaban J connectivity index is 1.81. The fourth-order valence-electron chi connectivity index (χ4n) is 2.26. The Morgan fingerprint density at radius 2 is 1.85 bits per heavy atom. The van der Waals surface area contributed by atoms with E-state index < -0.39 is 17.2 Å². The van der Waals surface area contributed by atoms with Gasteiger partial charge in [-0.15, -0.1) is 0 Å². The maximum absolute atomic E-state index is 12.0. The molecule has 2 rings (SSSR count). The van der Waals surface area contributed by atoms with Crippen LogP contribution in [-0.4, -0.2) is 32.7 Å². The Morgan fingerprint density at radius 1 is 1.15 bits per heavy atom. The van der Waals surface area contributed by atoms with E-state index in [2.05, 4.69) is 5.32 Å². The smallest absolute Gasteiger partial charge is 0.331 e. The summed E-state index contributed by atoms with van der Waals surface area (Å²) in [7, 11) is 1.35. The lowest BCUT2D eigenvalue weighted by Gasteiger charge is -2.09. The molecule has 2 N–H and O–H groups in total. The fraction of sp³-hybridized carbons (Fsp3) is 0.333. The minimum atomic E-state index is -0.857. The second-order valence-electron chi connectivity index (χ2n) is 5.89. The zero-order valence-corrected chi connectivity index (χ0v) is 14.9. The molecule has 0 saturated heterocycles. The van der Waals surface area contributed by atoms with Crippen LogP contribution >= 0.6 is 0 Å². The first kappa shape index (κ1) is 20.0. The molecule has 0 aliphatic rings. The number of aliphatic carboxylic acids is 1. The molecule has 1 heterocycles. The van der Waals surface area contributed by atoms with Gasteiger partial charge in [0.15, 0.2) is 0 Å². The number of nitrogens with zero attached hydrogens (tertiary/aromatic N) is 2. The molecule has 0 bridgehead atoms. The third-order valence-corrected chi connectivity index (χ3v) is 3.79. The number of hydrogen-bond acceptors (Lipinski definition) is 5. The molecule has 0 aliphatic heterocycles. The van der Waals surface area contributed by atoms with Gasteiger partial charge in [-0.1, -0.05) is 12.1 Å². The summed E-state index contributed by atoms with van der Waals surface area (Å²) in [4.78, 5) is 45.6. The Bertz CT molecular complexity index is 914. The molecule has 0 unspecified atom stereocenters. The minimum Gasteiger partial charge on any atom is -0.494 e. The van der Waals surface area contributed by atoms with Gasteiger partial charge >= 0.3 is 11.7 Å². The van der Waals surface area contributed by atoms with Crippen LogP contribution in [0, 0.1) is 0 Å². The maximum atomic E-state index is 12.0. The van der Waals surface area contributed by atoms with Crippen LogP contribution < -0.4 is 21.3 Å². The number of benzene rings is 1. The fourth-order valence-corrected chi connectivity index (χ4v) is 2.26. The van der Waals surface area contributed by atoms with E-state index >= 15 is 0 Å². The first-order chi connectivity index (χ1) is 12.9. The van der Waals surface area contributed by atoms with Crippen molar-refractivity contribution in [2.24, 2.45) is 7.05 Å². The van der Waals surface area contributed by atoms with E-state index in [1.807, 2.05) is 0 Å². The van der Waals surface area contributed by atoms with Crippen molar-refractivity contribution in [1.29, 1.82) is 0 Å². The van der Waals surface area contributed by atoms with Gasteiger partial charge < -0.3 is 15.2 Å². The Labute approximate surface area is 154 Å². The number of carboxylic acid groups (broad SMARTS) is 1. The minimum absolute atomic E-state index is 0.0583. The number of hydrogen-bond donors (Lipinski definition) is 2. The van der Waals surface area contributed by atoms with Crippen molar-refractivity contribution >= 4 is 11.9 Å². The summed E-state index contributed by atoms with van der Waals surface area (Å²) in [5.74, 6) is -0.596. The molecule has 9 heteroatoms. The molecular weight excluding hydrogens is 354 g/mol. The third-order valence-electron chi connectivity index (χ3n) is 3.79. The van der Waals surface area contributed by atoms with Crippen LogP contribution in [0.4, 0.5) is 0 Å². The number of carbonyl (C=O) groups is 2. The van der Waals surface area contributed by atoms with Crippen molar-refractivity contribution in [3.8, 4) is 5.75 Å². The predicted octanol–water partition coefficient (Wildman–Crippen LogP) is 0.107. The van der Waals surface area contributed by atoms with Crippen LogP contribution in [0.2, 0.25) is 0 Å². The van der Waals surface area contributed by atoms with Gasteiger partial charge in [0, 0.05) is 32.3 Å². The molecule has 0 aliphatic carbocycles. The zero-order chi connectivity index (χ0) is 19.8. The second kappa shape index (κ2) is 9.37. The van der Waals surface area contributed by atoms with Crippen molar-refractivity contribution in [2.75, 3.05) is 6.61 Å². The molecule has 144 valence electrons. The molecule has 1 aromatic heterocycles. The standard InChI is InChI=1S/C18H21N3O6/c1-20-16(23)8-9-21(18(20)26)12-15(22)19-11-13-4-6-14(7-5-13)27-10-2-3-17(24)25/h4-9H,2-3,10-12H2,1H3,(H,19,22)(H,24,25). The van der Waals surface area contributed by atoms with E-state index in [1.165, 1.54) is 19.3 Å². The van der Waals surface area contributed by atoms with Crippen LogP contribution in [0.1, 0.15) is 18.4 Å². The van der Waals surface area contributed by atoms with Crippen LogP contribution in [0.3, 0.4) is 0 Å². The van der Waals surface area contributed by atoms with Crippen molar-refractivity contribution in [1.82, 2.24) is 14.5 Å². The molecule has 0 fully saturated rings. The van der Waals surface area contributed by atoms with Crippen LogP contribution in [0.15, 0.2) is 46.1 Å². The van der Waals surface area contributed by atoms with Gasteiger partial charge in [-0.25, -0.2) is 4.79 Å².